The van der Waals surface area contributed by atoms with E-state index in [-0.39, 0.29) is 19.0 Å². The average Bonchev–Trinajstić information content (AvgIpc) is 2.38. The number of aliphatic carboxylic acids is 1. The van der Waals surface area contributed by atoms with Crippen LogP contribution in [0.3, 0.4) is 0 Å². The summed E-state index contributed by atoms with van der Waals surface area (Å²) in [6.07, 6.45) is 0.701. The monoisotopic (exact) mass is 292 g/mol. The Labute approximate surface area is 126 Å². The second-order valence-corrected chi connectivity index (χ2v) is 5.93. The zero-order valence-electron chi connectivity index (χ0n) is 12.9. The summed E-state index contributed by atoms with van der Waals surface area (Å²) in [6.45, 7) is 6.42. The SMILES string of the molecule is CC(C)(C)N(CCC(=O)O)C(=O)NCCc1ccccc1. The Morgan fingerprint density at radius 2 is 1.81 bits per heavy atom. The molecule has 2 amide bonds. The third-order valence-electron chi connectivity index (χ3n) is 3.14. The Kier molecular flexibility index (Phi) is 6.21. The highest BCUT2D eigenvalue weighted by Gasteiger charge is 2.26. The van der Waals surface area contributed by atoms with Gasteiger partial charge in [-0.15, -0.1) is 0 Å². The van der Waals surface area contributed by atoms with E-state index in [9.17, 15) is 9.59 Å². The molecule has 1 aromatic carbocycles. The fourth-order valence-corrected chi connectivity index (χ4v) is 2.00. The molecule has 116 valence electrons. The first kappa shape index (κ1) is 17.0. The maximum absolute atomic E-state index is 12.2. The van der Waals surface area contributed by atoms with Gasteiger partial charge in [-0.25, -0.2) is 4.79 Å². The van der Waals surface area contributed by atoms with Crippen molar-refractivity contribution >= 4 is 12.0 Å². The number of amides is 2. The summed E-state index contributed by atoms with van der Waals surface area (Å²) < 4.78 is 0. The number of nitrogens with one attached hydrogen (secondary N) is 1. The van der Waals surface area contributed by atoms with E-state index in [4.69, 9.17) is 5.11 Å². The molecule has 0 saturated heterocycles. The topological polar surface area (TPSA) is 69.6 Å². The molecule has 0 aliphatic carbocycles. The molecular weight excluding hydrogens is 268 g/mol. The molecule has 2 N–H and O–H groups in total. The number of nitrogens with zero attached hydrogens (tertiary/aromatic N) is 1. The number of hydrogen-bond acceptors (Lipinski definition) is 2. The van der Waals surface area contributed by atoms with Crippen LogP contribution in [0.1, 0.15) is 32.8 Å². The lowest BCUT2D eigenvalue weighted by molar-refractivity contribution is -0.137. The minimum atomic E-state index is -0.902. The van der Waals surface area contributed by atoms with E-state index in [1.54, 1.807) is 4.90 Å². The molecule has 0 saturated carbocycles. The molecule has 1 aromatic rings. The summed E-state index contributed by atoms with van der Waals surface area (Å²) in [5.41, 5.74) is 0.748. The molecule has 5 heteroatoms. The van der Waals surface area contributed by atoms with Crippen molar-refractivity contribution in [2.75, 3.05) is 13.1 Å². The van der Waals surface area contributed by atoms with E-state index in [1.807, 2.05) is 51.1 Å². The van der Waals surface area contributed by atoms with Crippen molar-refractivity contribution in [2.45, 2.75) is 39.2 Å². The number of rotatable bonds is 6. The number of urea groups is 1. The van der Waals surface area contributed by atoms with Gasteiger partial charge in [-0.3, -0.25) is 4.79 Å². The first-order valence-corrected chi connectivity index (χ1v) is 7.12. The molecule has 0 aliphatic rings. The standard InChI is InChI=1S/C16H24N2O3/c1-16(2,3)18(12-10-14(19)20)15(21)17-11-9-13-7-5-4-6-8-13/h4-8H,9-12H2,1-3H3,(H,17,21)(H,19,20). The van der Waals surface area contributed by atoms with E-state index in [0.29, 0.717) is 6.54 Å². The van der Waals surface area contributed by atoms with Crippen molar-refractivity contribution in [1.82, 2.24) is 10.2 Å². The molecule has 0 aliphatic heterocycles. The predicted molar refractivity (Wildman–Crippen MR) is 82.3 cm³/mol. The fourth-order valence-electron chi connectivity index (χ4n) is 2.00. The molecule has 0 radical (unpaired) electrons. The van der Waals surface area contributed by atoms with E-state index in [2.05, 4.69) is 5.32 Å². The first-order valence-electron chi connectivity index (χ1n) is 7.12. The largest absolute Gasteiger partial charge is 0.481 e. The smallest absolute Gasteiger partial charge is 0.317 e. The summed E-state index contributed by atoms with van der Waals surface area (Å²) in [5.74, 6) is -0.902. The van der Waals surface area contributed by atoms with Crippen molar-refractivity contribution in [1.29, 1.82) is 0 Å². The summed E-state index contributed by atoms with van der Waals surface area (Å²) in [7, 11) is 0. The summed E-state index contributed by atoms with van der Waals surface area (Å²) in [4.78, 5) is 24.5. The molecule has 1 rings (SSSR count). The third-order valence-corrected chi connectivity index (χ3v) is 3.14. The van der Waals surface area contributed by atoms with E-state index < -0.39 is 11.5 Å². The van der Waals surface area contributed by atoms with Crippen LogP contribution in [0.25, 0.3) is 0 Å². The molecule has 5 nitrogen and oxygen atoms in total. The zero-order valence-corrected chi connectivity index (χ0v) is 12.9. The van der Waals surface area contributed by atoms with Crippen molar-refractivity contribution in [3.63, 3.8) is 0 Å². The van der Waals surface area contributed by atoms with Gasteiger partial charge in [-0.05, 0) is 32.8 Å². The van der Waals surface area contributed by atoms with Gasteiger partial charge in [0.15, 0.2) is 0 Å². The second-order valence-electron chi connectivity index (χ2n) is 5.93. The molecule has 0 atom stereocenters. The van der Waals surface area contributed by atoms with Gasteiger partial charge in [-0.2, -0.15) is 0 Å². The third kappa shape index (κ3) is 6.29. The van der Waals surface area contributed by atoms with Crippen molar-refractivity contribution in [3.8, 4) is 0 Å². The van der Waals surface area contributed by atoms with Crippen LogP contribution in [-0.2, 0) is 11.2 Å². The number of benzene rings is 1. The zero-order chi connectivity index (χ0) is 15.9. The molecule has 0 bridgehead atoms. The second kappa shape index (κ2) is 7.67. The highest BCUT2D eigenvalue weighted by molar-refractivity contribution is 5.76. The Bertz CT molecular complexity index is 466. The Morgan fingerprint density at radius 1 is 1.19 bits per heavy atom. The van der Waals surface area contributed by atoms with Crippen LogP contribution in [0.5, 0.6) is 0 Å². The van der Waals surface area contributed by atoms with Crippen LogP contribution in [-0.4, -0.2) is 40.6 Å². The summed E-state index contributed by atoms with van der Waals surface area (Å²) in [6, 6.07) is 9.68. The van der Waals surface area contributed by atoms with Crippen LogP contribution >= 0.6 is 0 Å². The molecule has 0 fully saturated rings. The molecule has 0 heterocycles. The predicted octanol–water partition coefficient (Wildman–Crippen LogP) is 2.51. The van der Waals surface area contributed by atoms with E-state index in [1.165, 1.54) is 0 Å². The van der Waals surface area contributed by atoms with Gasteiger partial charge in [0.1, 0.15) is 0 Å². The lowest BCUT2D eigenvalue weighted by Gasteiger charge is -2.35. The Morgan fingerprint density at radius 3 is 2.33 bits per heavy atom. The van der Waals surface area contributed by atoms with Gasteiger partial charge in [0.05, 0.1) is 6.42 Å². The lowest BCUT2D eigenvalue weighted by Crippen LogP contribution is -2.51. The Hall–Kier alpha value is -2.04. The fraction of sp³-hybridized carbons (Fsp3) is 0.500. The van der Waals surface area contributed by atoms with Gasteiger partial charge in [0.2, 0.25) is 0 Å². The van der Waals surface area contributed by atoms with Gasteiger partial charge in [-0.1, -0.05) is 30.3 Å². The van der Waals surface area contributed by atoms with Gasteiger partial charge >= 0.3 is 12.0 Å². The van der Waals surface area contributed by atoms with Crippen LogP contribution in [0.4, 0.5) is 4.79 Å². The van der Waals surface area contributed by atoms with Crippen molar-refractivity contribution < 1.29 is 14.7 Å². The van der Waals surface area contributed by atoms with Gasteiger partial charge in [0, 0.05) is 18.6 Å². The lowest BCUT2D eigenvalue weighted by atomic mass is 10.1. The quantitative estimate of drug-likeness (QED) is 0.846. The summed E-state index contributed by atoms with van der Waals surface area (Å²) >= 11 is 0. The summed E-state index contributed by atoms with van der Waals surface area (Å²) in [5, 5.41) is 11.6. The number of carboxylic acids is 1. The first-order chi connectivity index (χ1) is 9.80. The van der Waals surface area contributed by atoms with Gasteiger partial charge < -0.3 is 15.3 Å². The van der Waals surface area contributed by atoms with Crippen molar-refractivity contribution in [2.24, 2.45) is 0 Å². The van der Waals surface area contributed by atoms with Crippen LogP contribution in [0, 0.1) is 0 Å². The average molecular weight is 292 g/mol. The maximum Gasteiger partial charge on any atom is 0.317 e. The number of carbonyl (C=O) groups excluding carboxylic acids is 1. The highest BCUT2D eigenvalue weighted by atomic mass is 16.4. The van der Waals surface area contributed by atoms with Gasteiger partial charge in [0.25, 0.3) is 0 Å². The van der Waals surface area contributed by atoms with Crippen LogP contribution < -0.4 is 5.32 Å². The van der Waals surface area contributed by atoms with E-state index in [0.717, 1.165) is 12.0 Å². The highest BCUT2D eigenvalue weighted by Crippen LogP contribution is 2.14. The van der Waals surface area contributed by atoms with Crippen LogP contribution in [0.2, 0.25) is 0 Å². The number of hydrogen-bond donors (Lipinski definition) is 2. The molecule has 0 spiro atoms. The maximum atomic E-state index is 12.2. The number of carboxylic acid groups (broad SMARTS) is 1. The van der Waals surface area contributed by atoms with Crippen LogP contribution in [0.15, 0.2) is 30.3 Å². The Balaban J connectivity index is 2.50. The van der Waals surface area contributed by atoms with E-state index >= 15 is 0 Å². The molecule has 21 heavy (non-hydrogen) atoms. The minimum absolute atomic E-state index is 0.0522. The minimum Gasteiger partial charge on any atom is -0.481 e. The normalized spacial score (nSPS) is 11.0. The molecule has 0 aromatic heterocycles. The molecule has 0 unspecified atom stereocenters. The molecular formula is C16H24N2O3. The number of carbonyl (C=O) groups is 2. The van der Waals surface area contributed by atoms with Crippen molar-refractivity contribution in [3.05, 3.63) is 35.9 Å².